The molecule has 2 heterocycles. The van der Waals surface area contributed by atoms with Gasteiger partial charge in [0.25, 0.3) is 0 Å². The van der Waals surface area contributed by atoms with Gasteiger partial charge in [-0.15, -0.1) is 0 Å². The minimum absolute atomic E-state index is 0.468. The number of nitrogen functional groups attached to an aromatic ring is 1. The van der Waals surface area contributed by atoms with E-state index in [2.05, 4.69) is 30.9 Å². The number of pyridine rings is 1. The van der Waals surface area contributed by atoms with Crippen molar-refractivity contribution in [2.75, 3.05) is 5.73 Å². The van der Waals surface area contributed by atoms with Crippen LogP contribution in [0.4, 0.5) is 5.82 Å². The second kappa shape index (κ2) is 4.79. The smallest absolute Gasteiger partial charge is 0.163 e. The number of hydrogen-bond donors (Lipinski definition) is 1. The molecule has 2 N–H and O–H groups in total. The molecule has 0 saturated heterocycles. The van der Waals surface area contributed by atoms with Crippen molar-refractivity contribution < 1.29 is 0 Å². The monoisotopic (exact) mass is 292 g/mol. The van der Waals surface area contributed by atoms with Crippen molar-refractivity contribution in [2.45, 2.75) is 20.3 Å². The molecule has 0 spiro atoms. The Balaban J connectivity index is 2.61. The lowest BCUT2D eigenvalue weighted by atomic mass is 10.1. The van der Waals surface area contributed by atoms with Gasteiger partial charge in [0.1, 0.15) is 5.82 Å². The predicted molar refractivity (Wildman–Crippen MR) is 71.5 cm³/mol. The first kappa shape index (κ1) is 12.0. The second-order valence-corrected chi connectivity index (χ2v) is 4.53. The van der Waals surface area contributed by atoms with Crippen LogP contribution in [0.3, 0.4) is 0 Å². The van der Waals surface area contributed by atoms with E-state index in [4.69, 9.17) is 5.73 Å². The van der Waals surface area contributed by atoms with E-state index in [0.29, 0.717) is 11.6 Å². The van der Waals surface area contributed by atoms with Crippen molar-refractivity contribution in [3.05, 3.63) is 34.2 Å². The van der Waals surface area contributed by atoms with Crippen molar-refractivity contribution in [3.63, 3.8) is 0 Å². The summed E-state index contributed by atoms with van der Waals surface area (Å²) in [4.78, 5) is 12.9. The number of aromatic nitrogens is 3. The Morgan fingerprint density at radius 1 is 1.35 bits per heavy atom. The molecule has 0 aromatic carbocycles. The van der Waals surface area contributed by atoms with Crippen LogP contribution in [-0.4, -0.2) is 15.0 Å². The van der Waals surface area contributed by atoms with Gasteiger partial charge in [-0.3, -0.25) is 4.98 Å². The van der Waals surface area contributed by atoms with Crippen LogP contribution in [-0.2, 0) is 6.42 Å². The first-order valence-corrected chi connectivity index (χ1v) is 6.15. The molecule has 0 radical (unpaired) electrons. The Hall–Kier alpha value is -1.49. The minimum atomic E-state index is 0.468. The van der Waals surface area contributed by atoms with Gasteiger partial charge < -0.3 is 5.73 Å². The summed E-state index contributed by atoms with van der Waals surface area (Å²) in [6.07, 6.45) is 4.32. The number of rotatable bonds is 2. The molecule has 4 nitrogen and oxygen atoms in total. The van der Waals surface area contributed by atoms with Crippen molar-refractivity contribution in [1.29, 1.82) is 0 Å². The van der Waals surface area contributed by atoms with E-state index >= 15 is 0 Å². The lowest BCUT2D eigenvalue weighted by Crippen LogP contribution is -2.03. The number of halogens is 1. The number of hydrogen-bond acceptors (Lipinski definition) is 4. The summed E-state index contributed by atoms with van der Waals surface area (Å²) in [5, 5.41) is 0. The Labute approximate surface area is 108 Å². The summed E-state index contributed by atoms with van der Waals surface area (Å²) in [5.74, 6) is 1.10. The molecule has 88 valence electrons. The first-order chi connectivity index (χ1) is 8.13. The fourth-order valence-corrected chi connectivity index (χ4v) is 2.02. The number of nitrogens with two attached hydrogens (primary N) is 1. The van der Waals surface area contributed by atoms with Gasteiger partial charge in [0, 0.05) is 18.0 Å². The molecular weight excluding hydrogens is 280 g/mol. The zero-order chi connectivity index (χ0) is 12.4. The molecule has 0 fully saturated rings. The highest BCUT2D eigenvalue weighted by Gasteiger charge is 2.11. The fraction of sp³-hybridized carbons (Fsp3) is 0.250. The average Bonchev–Trinajstić information content (AvgIpc) is 2.33. The quantitative estimate of drug-likeness (QED) is 0.924. The molecule has 0 aliphatic rings. The Bertz CT molecular complexity index is 554. The normalized spacial score (nSPS) is 10.5. The summed E-state index contributed by atoms with van der Waals surface area (Å²) in [6, 6.07) is 1.93. The number of nitrogens with zero attached hydrogens (tertiary/aromatic N) is 3. The summed E-state index contributed by atoms with van der Waals surface area (Å²) in [6.45, 7) is 4.04. The van der Waals surface area contributed by atoms with E-state index in [0.717, 1.165) is 27.7 Å². The van der Waals surface area contributed by atoms with Crippen LogP contribution >= 0.6 is 15.9 Å². The Morgan fingerprint density at radius 2 is 2.12 bits per heavy atom. The zero-order valence-corrected chi connectivity index (χ0v) is 11.3. The van der Waals surface area contributed by atoms with Crippen LogP contribution in [0.1, 0.15) is 18.2 Å². The van der Waals surface area contributed by atoms with Crippen molar-refractivity contribution in [3.8, 4) is 11.4 Å². The van der Waals surface area contributed by atoms with E-state index in [-0.39, 0.29) is 0 Å². The fourth-order valence-electron chi connectivity index (χ4n) is 1.57. The van der Waals surface area contributed by atoms with Gasteiger partial charge in [-0.1, -0.05) is 6.92 Å². The van der Waals surface area contributed by atoms with E-state index < -0.39 is 0 Å². The summed E-state index contributed by atoms with van der Waals surface area (Å²) in [7, 11) is 0. The van der Waals surface area contributed by atoms with Crippen molar-refractivity contribution in [1.82, 2.24) is 15.0 Å². The zero-order valence-electron chi connectivity index (χ0n) is 9.74. The van der Waals surface area contributed by atoms with Gasteiger partial charge in [-0.25, -0.2) is 9.97 Å². The Kier molecular flexibility index (Phi) is 3.38. The second-order valence-electron chi connectivity index (χ2n) is 3.74. The average molecular weight is 293 g/mol. The maximum absolute atomic E-state index is 5.87. The standard InChI is InChI=1S/C12H13BrN4/c1-3-9-10(13)11(14)17-12(16-9)8-6-15-5-4-7(8)2/h4-6H,3H2,1-2H3,(H2,14,16,17). The maximum Gasteiger partial charge on any atom is 0.163 e. The SMILES string of the molecule is CCc1nc(-c2cnccc2C)nc(N)c1Br. The highest BCUT2D eigenvalue weighted by molar-refractivity contribution is 9.10. The van der Waals surface area contributed by atoms with Gasteiger partial charge in [0.15, 0.2) is 5.82 Å². The van der Waals surface area contributed by atoms with E-state index in [1.807, 2.05) is 19.9 Å². The summed E-state index contributed by atoms with van der Waals surface area (Å²) < 4.78 is 0.783. The molecule has 0 bridgehead atoms. The Morgan fingerprint density at radius 3 is 2.76 bits per heavy atom. The van der Waals surface area contributed by atoms with Gasteiger partial charge in [0.2, 0.25) is 0 Å². The van der Waals surface area contributed by atoms with Crippen molar-refractivity contribution in [2.24, 2.45) is 0 Å². The lowest BCUT2D eigenvalue weighted by molar-refractivity contribution is 0.992. The molecule has 2 aromatic rings. The highest BCUT2D eigenvalue weighted by atomic mass is 79.9. The van der Waals surface area contributed by atoms with E-state index in [9.17, 15) is 0 Å². The molecule has 0 unspecified atom stereocenters. The third-order valence-electron chi connectivity index (χ3n) is 2.56. The molecule has 0 aliphatic carbocycles. The molecule has 0 atom stereocenters. The lowest BCUT2D eigenvalue weighted by Gasteiger charge is -2.08. The molecule has 17 heavy (non-hydrogen) atoms. The van der Waals surface area contributed by atoms with Gasteiger partial charge in [-0.2, -0.15) is 0 Å². The highest BCUT2D eigenvalue weighted by Crippen LogP contribution is 2.26. The third kappa shape index (κ3) is 2.29. The predicted octanol–water partition coefficient (Wildman–Crippen LogP) is 2.75. The summed E-state index contributed by atoms with van der Waals surface area (Å²) in [5.41, 5.74) is 8.78. The molecule has 2 aromatic heterocycles. The van der Waals surface area contributed by atoms with E-state index in [1.165, 1.54) is 0 Å². The van der Waals surface area contributed by atoms with Crippen LogP contribution in [0.5, 0.6) is 0 Å². The largest absolute Gasteiger partial charge is 0.383 e. The minimum Gasteiger partial charge on any atom is -0.383 e. The third-order valence-corrected chi connectivity index (χ3v) is 3.42. The number of anilines is 1. The van der Waals surface area contributed by atoms with E-state index in [1.54, 1.807) is 12.4 Å². The van der Waals surface area contributed by atoms with Crippen LogP contribution in [0, 0.1) is 6.92 Å². The van der Waals surface area contributed by atoms with Gasteiger partial charge >= 0.3 is 0 Å². The van der Waals surface area contributed by atoms with Crippen LogP contribution < -0.4 is 5.73 Å². The molecular formula is C12H13BrN4. The van der Waals surface area contributed by atoms with Crippen LogP contribution in [0.15, 0.2) is 22.9 Å². The van der Waals surface area contributed by atoms with Crippen molar-refractivity contribution >= 4 is 21.7 Å². The van der Waals surface area contributed by atoms with Gasteiger partial charge in [0.05, 0.1) is 10.2 Å². The maximum atomic E-state index is 5.87. The van der Waals surface area contributed by atoms with Gasteiger partial charge in [-0.05, 0) is 40.9 Å². The molecule has 0 amide bonds. The van der Waals surface area contributed by atoms with Crippen LogP contribution in [0.2, 0.25) is 0 Å². The summed E-state index contributed by atoms with van der Waals surface area (Å²) >= 11 is 3.40. The van der Waals surface area contributed by atoms with Crippen LogP contribution in [0.25, 0.3) is 11.4 Å². The first-order valence-electron chi connectivity index (χ1n) is 5.36. The molecule has 5 heteroatoms. The topological polar surface area (TPSA) is 64.7 Å². The molecule has 2 rings (SSSR count). The molecule has 0 saturated carbocycles. The number of aryl methyl sites for hydroxylation is 2. The molecule has 0 aliphatic heterocycles.